The molecule has 0 saturated heterocycles. The number of amides is 1. The van der Waals surface area contributed by atoms with E-state index < -0.39 is 0 Å². The smallest absolute Gasteiger partial charge is 0.269 e. The average Bonchev–Trinajstić information content (AvgIpc) is 3.27. The Morgan fingerprint density at radius 2 is 2.05 bits per heavy atom. The van der Waals surface area contributed by atoms with E-state index >= 15 is 0 Å². The third kappa shape index (κ3) is 2.61. The van der Waals surface area contributed by atoms with Gasteiger partial charge in [-0.05, 0) is 42.5 Å². The van der Waals surface area contributed by atoms with Crippen LogP contribution in [0.1, 0.15) is 44.6 Å². The molecular weight excluding hydrogens is 274 g/mol. The van der Waals surface area contributed by atoms with E-state index in [0.29, 0.717) is 11.4 Å². The monoisotopic (exact) mass is 295 g/mol. The number of carbonyl (C=O) groups is 1. The highest BCUT2D eigenvalue weighted by atomic mass is 16.1. The molecule has 1 aromatic carbocycles. The Balaban J connectivity index is 2.01. The van der Waals surface area contributed by atoms with Gasteiger partial charge in [-0.2, -0.15) is 0 Å². The normalized spacial score (nSPS) is 19.4. The molecule has 1 aliphatic carbocycles. The van der Waals surface area contributed by atoms with Gasteiger partial charge in [0.25, 0.3) is 5.91 Å². The molecule has 1 saturated carbocycles. The predicted molar refractivity (Wildman–Crippen MR) is 89.7 cm³/mol. The summed E-state index contributed by atoms with van der Waals surface area (Å²) in [5.74, 6) is -0.369. The Morgan fingerprint density at radius 3 is 2.73 bits per heavy atom. The van der Waals surface area contributed by atoms with Crippen molar-refractivity contribution < 1.29 is 4.79 Å². The summed E-state index contributed by atoms with van der Waals surface area (Å²) in [6, 6.07) is 7.57. The molecule has 3 N–H and O–H groups in total. The van der Waals surface area contributed by atoms with Crippen molar-refractivity contribution in [2.24, 2.45) is 5.41 Å². The first-order valence-electron chi connectivity index (χ1n) is 7.83. The van der Waals surface area contributed by atoms with Crippen LogP contribution in [0.4, 0.5) is 5.69 Å². The van der Waals surface area contributed by atoms with E-state index in [2.05, 4.69) is 12.2 Å². The number of carbonyl (C=O) groups excluding carboxylic acids is 1. The Morgan fingerprint density at radius 1 is 1.32 bits per heavy atom. The van der Waals surface area contributed by atoms with E-state index in [1.807, 2.05) is 30.3 Å². The summed E-state index contributed by atoms with van der Waals surface area (Å²) in [4.78, 5) is 12.1. The van der Waals surface area contributed by atoms with Gasteiger partial charge in [-0.3, -0.25) is 10.2 Å². The van der Waals surface area contributed by atoms with Gasteiger partial charge >= 0.3 is 0 Å². The number of anilines is 1. The number of hydrogen-bond donors (Lipinski definition) is 3. The standard InChI is InChI=1S/C18H21N3O/c1-2-7-18(8-9-18)16(20)13-10-12-5-3-4-6-15(12)21-17(22)14(19)11-13/h3-6,10,19-20H,2,7-9,11H2,1H3,(H,21,22). The Kier molecular flexibility index (Phi) is 3.69. The lowest BCUT2D eigenvalue weighted by Crippen LogP contribution is -2.27. The highest BCUT2D eigenvalue weighted by molar-refractivity contribution is 6.43. The molecule has 1 fully saturated rings. The molecule has 0 atom stereocenters. The van der Waals surface area contributed by atoms with Crippen molar-refractivity contribution in [1.29, 1.82) is 10.8 Å². The topological polar surface area (TPSA) is 76.8 Å². The fourth-order valence-corrected chi connectivity index (χ4v) is 3.20. The van der Waals surface area contributed by atoms with Crippen LogP contribution in [0, 0.1) is 16.2 Å². The van der Waals surface area contributed by atoms with Gasteiger partial charge in [-0.15, -0.1) is 0 Å². The van der Waals surface area contributed by atoms with Crippen LogP contribution in [0.25, 0.3) is 6.08 Å². The largest absolute Gasteiger partial charge is 0.320 e. The van der Waals surface area contributed by atoms with E-state index in [1.54, 1.807) is 0 Å². The lowest BCUT2D eigenvalue weighted by molar-refractivity contribution is -0.110. The van der Waals surface area contributed by atoms with Crippen molar-refractivity contribution in [3.8, 4) is 0 Å². The molecule has 0 radical (unpaired) electrons. The van der Waals surface area contributed by atoms with E-state index in [-0.39, 0.29) is 23.5 Å². The highest BCUT2D eigenvalue weighted by Gasteiger charge is 2.46. The summed E-state index contributed by atoms with van der Waals surface area (Å²) in [6.45, 7) is 2.14. The Labute approximate surface area is 130 Å². The molecule has 2 aliphatic rings. The number of para-hydroxylation sites is 1. The lowest BCUT2D eigenvalue weighted by Gasteiger charge is -2.21. The molecule has 114 valence electrons. The first-order valence-corrected chi connectivity index (χ1v) is 7.83. The van der Waals surface area contributed by atoms with Crippen LogP contribution in [-0.2, 0) is 4.79 Å². The van der Waals surface area contributed by atoms with E-state index in [0.717, 1.165) is 36.8 Å². The van der Waals surface area contributed by atoms with Gasteiger partial charge in [0.1, 0.15) is 5.71 Å². The molecule has 0 aromatic heterocycles. The molecule has 4 heteroatoms. The van der Waals surface area contributed by atoms with Crippen molar-refractivity contribution in [3.63, 3.8) is 0 Å². The van der Waals surface area contributed by atoms with Gasteiger partial charge in [0, 0.05) is 23.2 Å². The molecule has 4 nitrogen and oxygen atoms in total. The first-order chi connectivity index (χ1) is 10.6. The van der Waals surface area contributed by atoms with Gasteiger partial charge < -0.3 is 10.7 Å². The fourth-order valence-electron chi connectivity index (χ4n) is 3.20. The zero-order valence-corrected chi connectivity index (χ0v) is 12.8. The fraction of sp³-hybridized carbons (Fsp3) is 0.389. The van der Waals surface area contributed by atoms with Crippen molar-refractivity contribution >= 4 is 29.1 Å². The summed E-state index contributed by atoms with van der Waals surface area (Å²) in [7, 11) is 0. The maximum Gasteiger partial charge on any atom is 0.269 e. The molecule has 1 amide bonds. The first kappa shape index (κ1) is 14.7. The number of benzene rings is 1. The molecule has 3 rings (SSSR count). The third-order valence-corrected chi connectivity index (χ3v) is 4.61. The SMILES string of the molecule is CCCC1(C(=N)C2=Cc3ccccc3NC(=O)C(=N)C2)CC1. The molecule has 22 heavy (non-hydrogen) atoms. The maximum atomic E-state index is 12.1. The lowest BCUT2D eigenvalue weighted by atomic mass is 9.85. The average molecular weight is 295 g/mol. The summed E-state index contributed by atoms with van der Waals surface area (Å²) >= 11 is 0. The minimum Gasteiger partial charge on any atom is -0.320 e. The molecule has 0 bridgehead atoms. The van der Waals surface area contributed by atoms with E-state index in [1.165, 1.54) is 0 Å². The van der Waals surface area contributed by atoms with Crippen LogP contribution in [0.3, 0.4) is 0 Å². The van der Waals surface area contributed by atoms with Crippen LogP contribution < -0.4 is 5.32 Å². The third-order valence-electron chi connectivity index (χ3n) is 4.61. The summed E-state index contributed by atoms with van der Waals surface area (Å²) in [5, 5.41) is 19.4. The van der Waals surface area contributed by atoms with Crippen LogP contribution in [-0.4, -0.2) is 17.3 Å². The molecule has 1 heterocycles. The second-order valence-electron chi connectivity index (χ2n) is 6.27. The van der Waals surface area contributed by atoms with E-state index in [4.69, 9.17) is 10.8 Å². The number of allylic oxidation sites excluding steroid dienone is 1. The van der Waals surface area contributed by atoms with Gasteiger partial charge in [-0.1, -0.05) is 31.5 Å². The Hall–Kier alpha value is -2.23. The van der Waals surface area contributed by atoms with Gasteiger partial charge in [0.15, 0.2) is 0 Å². The zero-order valence-electron chi connectivity index (χ0n) is 12.8. The molecule has 0 spiro atoms. The summed E-state index contributed by atoms with van der Waals surface area (Å²) in [6.07, 6.45) is 6.40. The second-order valence-corrected chi connectivity index (χ2v) is 6.27. The zero-order chi connectivity index (χ0) is 15.7. The minimum atomic E-state index is -0.369. The van der Waals surface area contributed by atoms with Crippen LogP contribution in [0.15, 0.2) is 29.8 Å². The van der Waals surface area contributed by atoms with Crippen molar-refractivity contribution in [2.45, 2.75) is 39.0 Å². The molecular formula is C18H21N3O. The molecule has 0 unspecified atom stereocenters. The number of fused-ring (bicyclic) bond motifs is 1. The van der Waals surface area contributed by atoms with Gasteiger partial charge in [0.05, 0.1) is 0 Å². The number of nitrogens with one attached hydrogen (secondary N) is 3. The number of hydrogen-bond acceptors (Lipinski definition) is 3. The van der Waals surface area contributed by atoms with Crippen molar-refractivity contribution in [3.05, 3.63) is 35.4 Å². The van der Waals surface area contributed by atoms with Crippen molar-refractivity contribution in [1.82, 2.24) is 0 Å². The van der Waals surface area contributed by atoms with Crippen LogP contribution >= 0.6 is 0 Å². The van der Waals surface area contributed by atoms with Crippen molar-refractivity contribution in [2.75, 3.05) is 5.32 Å². The Bertz CT molecular complexity index is 683. The quantitative estimate of drug-likeness (QED) is 0.720. The number of rotatable bonds is 4. The summed E-state index contributed by atoms with van der Waals surface area (Å²) < 4.78 is 0. The maximum absolute atomic E-state index is 12.1. The second kappa shape index (κ2) is 5.52. The molecule has 1 aromatic rings. The predicted octanol–water partition coefficient (Wildman–Crippen LogP) is 4.03. The van der Waals surface area contributed by atoms with Crippen LogP contribution in [0.2, 0.25) is 0 Å². The minimum absolute atomic E-state index is 0.00845. The van der Waals surface area contributed by atoms with Gasteiger partial charge in [-0.25, -0.2) is 0 Å². The van der Waals surface area contributed by atoms with Crippen LogP contribution in [0.5, 0.6) is 0 Å². The molecule has 1 aliphatic heterocycles. The van der Waals surface area contributed by atoms with Gasteiger partial charge in [0.2, 0.25) is 0 Å². The van der Waals surface area contributed by atoms with E-state index in [9.17, 15) is 4.79 Å². The summed E-state index contributed by atoms with van der Waals surface area (Å²) in [5.41, 5.74) is 3.09. The highest BCUT2D eigenvalue weighted by Crippen LogP contribution is 2.52.